The van der Waals surface area contributed by atoms with E-state index in [1.165, 1.54) is 12.1 Å². The molecule has 1 aliphatic rings. The van der Waals surface area contributed by atoms with Crippen molar-refractivity contribution in [1.82, 2.24) is 0 Å². The number of hydrogen-bond acceptors (Lipinski definition) is 2. The van der Waals surface area contributed by atoms with Crippen molar-refractivity contribution in [3.8, 4) is 0 Å². The molecule has 3 nitrogen and oxygen atoms in total. The van der Waals surface area contributed by atoms with Crippen molar-refractivity contribution in [3.63, 3.8) is 0 Å². The normalized spacial score (nSPS) is 23.9. The Labute approximate surface area is 104 Å². The van der Waals surface area contributed by atoms with Crippen LogP contribution in [0.15, 0.2) is 18.2 Å². The molecule has 0 bridgehead atoms. The smallest absolute Gasteiger partial charge is 0.258 e. The molecule has 0 saturated heterocycles. The molecule has 1 saturated carbocycles. The Morgan fingerprint density at radius 1 is 1.41 bits per heavy atom. The van der Waals surface area contributed by atoms with Crippen molar-refractivity contribution < 1.29 is 9.31 Å². The van der Waals surface area contributed by atoms with Crippen LogP contribution in [0.4, 0.5) is 10.1 Å². The standard InChI is InChI=1S/C12H13ClFNO2/c13-12-3-1-2-9(12)4-8-5-10(14)7-11(6-8)15(16)17/h5-7,9,12H,1-4H2. The molecule has 1 fully saturated rings. The Bertz CT molecular complexity index is 439. The van der Waals surface area contributed by atoms with E-state index in [1.807, 2.05) is 0 Å². The highest BCUT2D eigenvalue weighted by Crippen LogP contribution is 2.33. The van der Waals surface area contributed by atoms with Gasteiger partial charge in [-0.05, 0) is 36.8 Å². The van der Waals surface area contributed by atoms with Gasteiger partial charge in [0, 0.05) is 11.4 Å². The van der Waals surface area contributed by atoms with Crippen molar-refractivity contribution in [2.24, 2.45) is 5.92 Å². The molecule has 1 aromatic rings. The monoisotopic (exact) mass is 257 g/mol. The zero-order chi connectivity index (χ0) is 12.4. The highest BCUT2D eigenvalue weighted by atomic mass is 35.5. The molecule has 0 amide bonds. The fourth-order valence-electron chi connectivity index (χ4n) is 2.38. The van der Waals surface area contributed by atoms with Gasteiger partial charge < -0.3 is 0 Å². The average molecular weight is 258 g/mol. The maximum absolute atomic E-state index is 13.2. The first-order chi connectivity index (χ1) is 8.06. The maximum atomic E-state index is 13.2. The molecule has 0 N–H and O–H groups in total. The van der Waals surface area contributed by atoms with Crippen LogP contribution in [0.1, 0.15) is 24.8 Å². The van der Waals surface area contributed by atoms with Crippen LogP contribution >= 0.6 is 11.6 Å². The fourth-order valence-corrected chi connectivity index (χ4v) is 2.75. The van der Waals surface area contributed by atoms with Crippen LogP contribution < -0.4 is 0 Å². The maximum Gasteiger partial charge on any atom is 0.272 e. The van der Waals surface area contributed by atoms with E-state index in [9.17, 15) is 14.5 Å². The van der Waals surface area contributed by atoms with E-state index in [0.717, 1.165) is 25.3 Å². The zero-order valence-corrected chi connectivity index (χ0v) is 9.99. The van der Waals surface area contributed by atoms with Crippen molar-refractivity contribution in [1.29, 1.82) is 0 Å². The molecule has 17 heavy (non-hydrogen) atoms. The molecule has 1 aromatic carbocycles. The predicted octanol–water partition coefficient (Wildman–Crippen LogP) is 3.68. The highest BCUT2D eigenvalue weighted by molar-refractivity contribution is 6.20. The number of hydrogen-bond donors (Lipinski definition) is 0. The molecular formula is C12H13ClFNO2. The highest BCUT2D eigenvalue weighted by Gasteiger charge is 2.26. The Kier molecular flexibility index (Phi) is 3.62. The first-order valence-electron chi connectivity index (χ1n) is 5.64. The van der Waals surface area contributed by atoms with Gasteiger partial charge in [-0.15, -0.1) is 11.6 Å². The second-order valence-corrected chi connectivity index (χ2v) is 5.05. The number of nitro benzene ring substituents is 1. The third-order valence-corrected chi connectivity index (χ3v) is 3.79. The molecule has 0 radical (unpaired) electrons. The molecular weight excluding hydrogens is 245 g/mol. The number of nitro groups is 1. The second-order valence-electron chi connectivity index (χ2n) is 4.49. The van der Waals surface area contributed by atoms with E-state index in [4.69, 9.17) is 11.6 Å². The molecule has 0 heterocycles. The quantitative estimate of drug-likeness (QED) is 0.471. The summed E-state index contributed by atoms with van der Waals surface area (Å²) in [5, 5.41) is 10.7. The van der Waals surface area contributed by atoms with Crippen LogP contribution in [-0.4, -0.2) is 10.3 Å². The van der Waals surface area contributed by atoms with Gasteiger partial charge in [0.25, 0.3) is 5.69 Å². The second kappa shape index (κ2) is 5.00. The number of rotatable bonds is 3. The minimum atomic E-state index is -0.570. The summed E-state index contributed by atoms with van der Waals surface area (Å²) in [6, 6.07) is 3.73. The SMILES string of the molecule is O=[N+]([O-])c1cc(F)cc(CC2CCCC2Cl)c1. The van der Waals surface area contributed by atoms with E-state index in [2.05, 4.69) is 0 Å². The van der Waals surface area contributed by atoms with Crippen molar-refractivity contribution in [3.05, 3.63) is 39.7 Å². The van der Waals surface area contributed by atoms with Crippen LogP contribution in [-0.2, 0) is 6.42 Å². The van der Waals surface area contributed by atoms with Gasteiger partial charge in [-0.3, -0.25) is 10.1 Å². The number of alkyl halides is 1. The zero-order valence-electron chi connectivity index (χ0n) is 9.23. The lowest BCUT2D eigenvalue weighted by molar-refractivity contribution is -0.385. The van der Waals surface area contributed by atoms with Gasteiger partial charge in [0.1, 0.15) is 5.82 Å². The Hall–Kier alpha value is -1.16. The minimum Gasteiger partial charge on any atom is -0.258 e. The Morgan fingerprint density at radius 2 is 2.18 bits per heavy atom. The molecule has 2 atom stereocenters. The van der Waals surface area contributed by atoms with E-state index in [0.29, 0.717) is 17.9 Å². The Balaban J connectivity index is 2.17. The number of benzene rings is 1. The number of nitrogens with zero attached hydrogens (tertiary/aromatic N) is 1. The summed E-state index contributed by atoms with van der Waals surface area (Å²) in [6.45, 7) is 0. The average Bonchev–Trinajstić information content (AvgIpc) is 2.63. The van der Waals surface area contributed by atoms with Crippen LogP contribution in [0.2, 0.25) is 0 Å². The van der Waals surface area contributed by atoms with E-state index < -0.39 is 10.7 Å². The third kappa shape index (κ3) is 2.94. The molecule has 5 heteroatoms. The molecule has 1 aliphatic carbocycles. The number of halogens is 2. The summed E-state index contributed by atoms with van der Waals surface area (Å²) >= 11 is 6.14. The summed E-state index contributed by atoms with van der Waals surface area (Å²) in [5.74, 6) is -0.253. The number of non-ortho nitro benzene ring substituents is 1. The van der Waals surface area contributed by atoms with Crippen molar-refractivity contribution in [2.45, 2.75) is 31.1 Å². The third-order valence-electron chi connectivity index (χ3n) is 3.22. The van der Waals surface area contributed by atoms with Crippen LogP contribution in [0.5, 0.6) is 0 Å². The topological polar surface area (TPSA) is 43.1 Å². The lowest BCUT2D eigenvalue weighted by Gasteiger charge is -2.13. The van der Waals surface area contributed by atoms with Gasteiger partial charge in [0.05, 0.1) is 11.0 Å². The summed E-state index contributed by atoms with van der Waals surface area (Å²) in [4.78, 5) is 10.0. The van der Waals surface area contributed by atoms with Gasteiger partial charge >= 0.3 is 0 Å². The predicted molar refractivity (Wildman–Crippen MR) is 63.7 cm³/mol. The van der Waals surface area contributed by atoms with Crippen molar-refractivity contribution >= 4 is 17.3 Å². The first kappa shape index (κ1) is 12.3. The van der Waals surface area contributed by atoms with E-state index in [-0.39, 0.29) is 11.1 Å². The van der Waals surface area contributed by atoms with Gasteiger partial charge in [-0.25, -0.2) is 4.39 Å². The van der Waals surface area contributed by atoms with Gasteiger partial charge in [0.2, 0.25) is 0 Å². The summed E-state index contributed by atoms with van der Waals surface area (Å²) in [6.07, 6.45) is 3.69. The van der Waals surface area contributed by atoms with Crippen molar-refractivity contribution in [2.75, 3.05) is 0 Å². The van der Waals surface area contributed by atoms with E-state index >= 15 is 0 Å². The van der Waals surface area contributed by atoms with E-state index in [1.54, 1.807) is 0 Å². The summed E-state index contributed by atoms with van der Waals surface area (Å²) < 4.78 is 13.2. The fraction of sp³-hybridized carbons (Fsp3) is 0.500. The molecule has 0 spiro atoms. The first-order valence-corrected chi connectivity index (χ1v) is 6.08. The molecule has 92 valence electrons. The van der Waals surface area contributed by atoms with Crippen LogP contribution in [0.3, 0.4) is 0 Å². The lowest BCUT2D eigenvalue weighted by Crippen LogP contribution is -2.10. The minimum absolute atomic E-state index is 0.109. The van der Waals surface area contributed by atoms with Crippen LogP contribution in [0, 0.1) is 21.8 Å². The lowest BCUT2D eigenvalue weighted by atomic mass is 9.97. The Morgan fingerprint density at radius 3 is 2.76 bits per heavy atom. The van der Waals surface area contributed by atoms with Gasteiger partial charge in [-0.2, -0.15) is 0 Å². The summed E-state index contributed by atoms with van der Waals surface area (Å²) in [7, 11) is 0. The van der Waals surface area contributed by atoms with Gasteiger partial charge in [0.15, 0.2) is 0 Å². The largest absolute Gasteiger partial charge is 0.272 e. The van der Waals surface area contributed by atoms with Crippen LogP contribution in [0.25, 0.3) is 0 Å². The van der Waals surface area contributed by atoms with Gasteiger partial charge in [-0.1, -0.05) is 6.42 Å². The molecule has 2 rings (SSSR count). The molecule has 2 unspecified atom stereocenters. The summed E-state index contributed by atoms with van der Waals surface area (Å²) in [5.41, 5.74) is 0.471. The molecule has 0 aromatic heterocycles. The molecule has 0 aliphatic heterocycles.